The molecule has 0 saturated carbocycles. The molecule has 0 fully saturated rings. The molecule has 0 aliphatic rings. The van der Waals surface area contributed by atoms with E-state index in [1.807, 2.05) is 13.8 Å². The van der Waals surface area contributed by atoms with Gasteiger partial charge >= 0.3 is 0 Å². The summed E-state index contributed by atoms with van der Waals surface area (Å²) in [7, 11) is 0. The van der Waals surface area contributed by atoms with E-state index in [0.717, 1.165) is 12.0 Å². The molecule has 1 aromatic rings. The summed E-state index contributed by atoms with van der Waals surface area (Å²) in [5, 5.41) is 0. The van der Waals surface area contributed by atoms with Crippen LogP contribution in [-0.2, 0) is 4.74 Å². The average Bonchev–Trinajstić information content (AvgIpc) is 2.31. The normalized spacial score (nSPS) is 16.8. The number of hydrogen-bond acceptors (Lipinski definition) is 5. The molecule has 1 heterocycles. The predicted octanol–water partition coefficient (Wildman–Crippen LogP) is 1.19. The van der Waals surface area contributed by atoms with Crippen LogP contribution >= 0.6 is 0 Å². The summed E-state index contributed by atoms with van der Waals surface area (Å²) in [5.41, 5.74) is 3.37. The number of nitrogens with one attached hydrogen (secondary N) is 1. The third-order valence-electron chi connectivity index (χ3n) is 2.87. The van der Waals surface area contributed by atoms with Crippen LogP contribution in [0.4, 0.5) is 0 Å². The maximum atomic E-state index is 5.79. The van der Waals surface area contributed by atoms with Crippen LogP contribution in [0.5, 0.6) is 0 Å². The van der Waals surface area contributed by atoms with Crippen LogP contribution in [0.15, 0.2) is 18.7 Å². The van der Waals surface area contributed by atoms with Crippen molar-refractivity contribution in [3.05, 3.63) is 24.3 Å². The van der Waals surface area contributed by atoms with E-state index >= 15 is 0 Å². The Morgan fingerprint density at radius 1 is 1.44 bits per heavy atom. The molecule has 0 aliphatic heterocycles. The Hall–Kier alpha value is -1.04. The first-order chi connectivity index (χ1) is 7.68. The molecule has 0 saturated heterocycles. The highest BCUT2D eigenvalue weighted by Crippen LogP contribution is 2.30. The fourth-order valence-electron chi connectivity index (χ4n) is 1.80. The maximum Gasteiger partial charge on any atom is 0.115 e. The van der Waals surface area contributed by atoms with Gasteiger partial charge in [0.1, 0.15) is 6.33 Å². The molecule has 2 atom stereocenters. The third-order valence-corrected chi connectivity index (χ3v) is 2.87. The Morgan fingerprint density at radius 2 is 2.06 bits per heavy atom. The van der Waals surface area contributed by atoms with Gasteiger partial charge in [-0.2, -0.15) is 0 Å². The minimum Gasteiger partial charge on any atom is -0.374 e. The van der Waals surface area contributed by atoms with E-state index in [1.54, 1.807) is 12.4 Å². The summed E-state index contributed by atoms with van der Waals surface area (Å²) in [4.78, 5) is 8.00. The lowest BCUT2D eigenvalue weighted by Crippen LogP contribution is -2.46. The molecule has 0 aromatic carbocycles. The van der Waals surface area contributed by atoms with Crippen molar-refractivity contribution in [1.29, 1.82) is 0 Å². The number of rotatable bonds is 6. The predicted molar refractivity (Wildman–Crippen MR) is 62.4 cm³/mol. The standard InChI is InChI=1S/C11H20N4O/c1-4-11(3,16-5-2)10(15-12)9-6-13-8-14-7-9/h6-8,10,15H,4-5,12H2,1-3H3. The van der Waals surface area contributed by atoms with Gasteiger partial charge in [-0.15, -0.1) is 0 Å². The summed E-state index contributed by atoms with van der Waals surface area (Å²) >= 11 is 0. The molecule has 0 spiro atoms. The molecule has 0 radical (unpaired) electrons. The molecule has 16 heavy (non-hydrogen) atoms. The number of nitrogens with zero attached hydrogens (tertiary/aromatic N) is 2. The molecule has 0 bridgehead atoms. The van der Waals surface area contributed by atoms with Crippen LogP contribution < -0.4 is 11.3 Å². The molecular formula is C11H20N4O. The second-order valence-electron chi connectivity index (χ2n) is 3.87. The summed E-state index contributed by atoms with van der Waals surface area (Å²) in [6.45, 7) is 6.73. The monoisotopic (exact) mass is 224 g/mol. The second-order valence-corrected chi connectivity index (χ2v) is 3.87. The number of ether oxygens (including phenoxy) is 1. The molecule has 0 aliphatic carbocycles. The number of nitrogens with two attached hydrogens (primary N) is 1. The van der Waals surface area contributed by atoms with Gasteiger partial charge in [-0.05, 0) is 20.3 Å². The Kier molecular flexibility index (Phi) is 4.79. The maximum absolute atomic E-state index is 5.79. The minimum atomic E-state index is -0.353. The lowest BCUT2D eigenvalue weighted by Gasteiger charge is -2.36. The zero-order valence-corrected chi connectivity index (χ0v) is 10.1. The van der Waals surface area contributed by atoms with Crippen molar-refractivity contribution in [3.8, 4) is 0 Å². The first-order valence-corrected chi connectivity index (χ1v) is 5.53. The molecular weight excluding hydrogens is 204 g/mol. The topological polar surface area (TPSA) is 73.1 Å². The van der Waals surface area contributed by atoms with Gasteiger partial charge < -0.3 is 4.74 Å². The van der Waals surface area contributed by atoms with Crippen molar-refractivity contribution >= 4 is 0 Å². The molecule has 1 rings (SSSR count). The van der Waals surface area contributed by atoms with Crippen molar-refractivity contribution in [1.82, 2.24) is 15.4 Å². The molecule has 0 amide bonds. The van der Waals surface area contributed by atoms with Crippen LogP contribution in [0.25, 0.3) is 0 Å². The zero-order chi connectivity index (χ0) is 12.0. The first kappa shape index (κ1) is 13.0. The number of aromatic nitrogens is 2. The molecule has 5 heteroatoms. The van der Waals surface area contributed by atoms with Gasteiger partial charge in [0.25, 0.3) is 0 Å². The highest BCUT2D eigenvalue weighted by molar-refractivity contribution is 5.14. The lowest BCUT2D eigenvalue weighted by molar-refractivity contribution is -0.0565. The Labute approximate surface area is 96.4 Å². The fourth-order valence-corrected chi connectivity index (χ4v) is 1.80. The third kappa shape index (κ3) is 2.75. The van der Waals surface area contributed by atoms with Crippen molar-refractivity contribution < 1.29 is 4.74 Å². The van der Waals surface area contributed by atoms with Gasteiger partial charge in [-0.1, -0.05) is 6.92 Å². The Morgan fingerprint density at radius 3 is 2.50 bits per heavy atom. The Bertz CT molecular complexity index is 306. The van der Waals surface area contributed by atoms with E-state index < -0.39 is 0 Å². The van der Waals surface area contributed by atoms with Crippen molar-refractivity contribution in [2.24, 2.45) is 5.84 Å². The molecule has 3 N–H and O–H groups in total. The highest BCUT2D eigenvalue weighted by atomic mass is 16.5. The van der Waals surface area contributed by atoms with Crippen LogP contribution in [0, 0.1) is 0 Å². The van der Waals surface area contributed by atoms with E-state index in [2.05, 4.69) is 22.3 Å². The summed E-state index contributed by atoms with van der Waals surface area (Å²) in [5.74, 6) is 5.61. The Balaban J connectivity index is 2.96. The van der Waals surface area contributed by atoms with Crippen LogP contribution in [0.1, 0.15) is 38.8 Å². The molecule has 5 nitrogen and oxygen atoms in total. The van der Waals surface area contributed by atoms with Gasteiger partial charge in [0.05, 0.1) is 11.6 Å². The van der Waals surface area contributed by atoms with Gasteiger partial charge in [0.2, 0.25) is 0 Å². The zero-order valence-electron chi connectivity index (χ0n) is 10.1. The smallest absolute Gasteiger partial charge is 0.115 e. The van der Waals surface area contributed by atoms with Gasteiger partial charge in [-0.3, -0.25) is 5.84 Å². The average molecular weight is 224 g/mol. The number of hydrazine groups is 1. The highest BCUT2D eigenvalue weighted by Gasteiger charge is 2.34. The SMILES string of the molecule is CCOC(C)(CC)C(NN)c1cncnc1. The van der Waals surface area contributed by atoms with Gasteiger partial charge in [-0.25, -0.2) is 15.4 Å². The quantitative estimate of drug-likeness (QED) is 0.561. The van der Waals surface area contributed by atoms with Crippen LogP contribution in [0.2, 0.25) is 0 Å². The second kappa shape index (κ2) is 5.89. The van der Waals surface area contributed by atoms with E-state index in [1.165, 1.54) is 6.33 Å². The summed E-state index contributed by atoms with van der Waals surface area (Å²) in [6.07, 6.45) is 5.86. The molecule has 90 valence electrons. The molecule has 2 unspecified atom stereocenters. The van der Waals surface area contributed by atoms with Crippen LogP contribution in [0.3, 0.4) is 0 Å². The van der Waals surface area contributed by atoms with E-state index in [9.17, 15) is 0 Å². The summed E-state index contributed by atoms with van der Waals surface area (Å²) in [6, 6.07) is -0.112. The first-order valence-electron chi connectivity index (χ1n) is 5.53. The van der Waals surface area contributed by atoms with Crippen molar-refractivity contribution in [2.75, 3.05) is 6.61 Å². The van der Waals surface area contributed by atoms with E-state index in [4.69, 9.17) is 10.6 Å². The van der Waals surface area contributed by atoms with E-state index in [0.29, 0.717) is 6.61 Å². The van der Waals surface area contributed by atoms with Crippen LogP contribution in [-0.4, -0.2) is 22.2 Å². The lowest BCUT2D eigenvalue weighted by atomic mass is 9.89. The van der Waals surface area contributed by atoms with E-state index in [-0.39, 0.29) is 11.6 Å². The van der Waals surface area contributed by atoms with Crippen molar-refractivity contribution in [2.45, 2.75) is 38.8 Å². The molecule has 1 aromatic heterocycles. The van der Waals surface area contributed by atoms with Gasteiger partial charge in [0.15, 0.2) is 0 Å². The largest absolute Gasteiger partial charge is 0.374 e. The summed E-state index contributed by atoms with van der Waals surface area (Å²) < 4.78 is 5.79. The van der Waals surface area contributed by atoms with Gasteiger partial charge in [0, 0.05) is 24.6 Å². The van der Waals surface area contributed by atoms with Crippen molar-refractivity contribution in [3.63, 3.8) is 0 Å². The number of hydrogen-bond donors (Lipinski definition) is 2. The fraction of sp³-hybridized carbons (Fsp3) is 0.636. The minimum absolute atomic E-state index is 0.112.